The molecule has 0 saturated heterocycles. The van der Waals surface area contributed by atoms with Crippen molar-refractivity contribution < 1.29 is 27.4 Å². The molecule has 0 aromatic heterocycles. The molecule has 1 heterocycles. The third-order valence-corrected chi connectivity index (χ3v) is 10.5. The van der Waals surface area contributed by atoms with Crippen molar-refractivity contribution in [1.29, 1.82) is 0 Å². The lowest BCUT2D eigenvalue weighted by Gasteiger charge is -2.38. The van der Waals surface area contributed by atoms with Crippen LogP contribution in [0.2, 0.25) is 5.02 Å². The number of unbranched alkanes of at least 4 members (excludes halogenated alkanes) is 1. The van der Waals surface area contributed by atoms with E-state index in [9.17, 15) is 22.7 Å². The Kier molecular flexibility index (Phi) is 9.47. The second-order valence-corrected chi connectivity index (χ2v) is 13.7. The highest BCUT2D eigenvalue weighted by molar-refractivity contribution is 7.94. The van der Waals surface area contributed by atoms with Crippen molar-refractivity contribution in [3.8, 4) is 16.9 Å². The summed E-state index contributed by atoms with van der Waals surface area (Å²) in [4.78, 5) is 13.7. The quantitative estimate of drug-likeness (QED) is 0.251. The fraction of sp³-hybridized carbons (Fsp3) is 0.382. The van der Waals surface area contributed by atoms with Gasteiger partial charge in [0.2, 0.25) is 9.84 Å². The van der Waals surface area contributed by atoms with Crippen molar-refractivity contribution in [1.82, 2.24) is 0 Å². The van der Waals surface area contributed by atoms with Gasteiger partial charge in [-0.25, -0.2) is 17.6 Å². The van der Waals surface area contributed by atoms with Gasteiger partial charge < -0.3 is 14.7 Å². The van der Waals surface area contributed by atoms with Gasteiger partial charge in [-0.05, 0) is 74.1 Å². The zero-order valence-electron chi connectivity index (χ0n) is 24.5. The molecule has 0 amide bonds. The van der Waals surface area contributed by atoms with Gasteiger partial charge in [-0.2, -0.15) is 0 Å². The van der Waals surface area contributed by atoms with E-state index >= 15 is 0 Å². The predicted octanol–water partition coefficient (Wildman–Crippen LogP) is 9.05. The van der Waals surface area contributed by atoms with Gasteiger partial charge in [0.15, 0.2) is 0 Å². The number of hydrogen-bond acceptors (Lipinski definition) is 5. The van der Waals surface area contributed by atoms with Crippen molar-refractivity contribution in [2.75, 3.05) is 18.1 Å². The average molecular weight is 626 g/mol. The second kappa shape index (κ2) is 13.1. The molecule has 6 nitrogen and oxygen atoms in total. The van der Waals surface area contributed by atoms with Crippen molar-refractivity contribution >= 4 is 38.8 Å². The molecule has 1 saturated carbocycles. The van der Waals surface area contributed by atoms with Crippen LogP contribution in [0.25, 0.3) is 11.1 Å². The largest absolute Gasteiger partial charge is 0.494 e. The van der Waals surface area contributed by atoms with Gasteiger partial charge in [-0.15, -0.1) is 0 Å². The van der Waals surface area contributed by atoms with Gasteiger partial charge in [0, 0.05) is 35.2 Å². The van der Waals surface area contributed by atoms with E-state index in [0.29, 0.717) is 41.6 Å². The zero-order chi connectivity index (χ0) is 30.7. The van der Waals surface area contributed by atoms with Gasteiger partial charge >= 0.3 is 5.97 Å². The summed E-state index contributed by atoms with van der Waals surface area (Å²) in [6, 6.07) is 14.4. The Labute approximate surface area is 258 Å². The molecule has 0 bridgehead atoms. The molecule has 5 rings (SSSR count). The number of aromatic carboxylic acids is 1. The molecule has 1 atom stereocenters. The molecule has 228 valence electrons. The van der Waals surface area contributed by atoms with Crippen LogP contribution in [-0.2, 0) is 9.84 Å². The third-order valence-electron chi connectivity index (χ3n) is 8.57. The van der Waals surface area contributed by atoms with E-state index < -0.39 is 27.2 Å². The van der Waals surface area contributed by atoms with E-state index in [0.717, 1.165) is 55.9 Å². The monoisotopic (exact) mass is 625 g/mol. The fourth-order valence-electron chi connectivity index (χ4n) is 6.27. The maximum atomic E-state index is 14.2. The van der Waals surface area contributed by atoms with Gasteiger partial charge in [0.05, 0.1) is 27.8 Å². The number of fused-ring (bicyclic) bond motifs is 1. The molecule has 3 aromatic carbocycles. The van der Waals surface area contributed by atoms with E-state index in [2.05, 4.69) is 6.92 Å². The molecule has 1 fully saturated rings. The predicted molar refractivity (Wildman–Crippen MR) is 169 cm³/mol. The van der Waals surface area contributed by atoms with E-state index in [1.807, 2.05) is 36.1 Å². The van der Waals surface area contributed by atoms with Crippen LogP contribution in [0.5, 0.6) is 5.75 Å². The maximum absolute atomic E-state index is 14.2. The fourth-order valence-corrected chi connectivity index (χ4v) is 8.07. The molecule has 0 spiro atoms. The van der Waals surface area contributed by atoms with Crippen molar-refractivity contribution in [2.45, 2.75) is 63.7 Å². The number of anilines is 2. The third kappa shape index (κ3) is 6.75. The highest BCUT2D eigenvalue weighted by atomic mass is 35.5. The Morgan fingerprint density at radius 3 is 2.58 bits per heavy atom. The smallest absolute Gasteiger partial charge is 0.338 e. The lowest BCUT2D eigenvalue weighted by Crippen LogP contribution is -2.34. The number of carbonyl (C=O) groups is 1. The lowest BCUT2D eigenvalue weighted by molar-refractivity contribution is 0.0692. The van der Waals surface area contributed by atoms with Crippen LogP contribution in [0.15, 0.2) is 70.5 Å². The molecule has 1 N–H and O–H groups in total. The Bertz CT molecular complexity index is 1650. The van der Waals surface area contributed by atoms with Crippen LogP contribution in [-0.4, -0.2) is 32.6 Å². The summed E-state index contributed by atoms with van der Waals surface area (Å²) in [5.74, 6) is -1.23. The van der Waals surface area contributed by atoms with Crippen molar-refractivity contribution in [2.24, 2.45) is 11.8 Å². The van der Waals surface area contributed by atoms with E-state index in [1.54, 1.807) is 6.07 Å². The SMILES string of the molecule is CCCCOc1cccc(N2C[C@@H](C3CCCCC3)/C(C)=C/S(=O)(=O)c3cc(-c4ccc(F)c(C(=O)O)c4)c(Cl)cc32)c1. The average Bonchev–Trinajstić information content (AvgIpc) is 2.97. The molecule has 0 unspecified atom stereocenters. The Morgan fingerprint density at radius 2 is 1.86 bits per heavy atom. The van der Waals surface area contributed by atoms with Gasteiger partial charge in [-0.1, -0.05) is 61.9 Å². The topological polar surface area (TPSA) is 83.9 Å². The van der Waals surface area contributed by atoms with Crippen LogP contribution in [0.3, 0.4) is 0 Å². The number of nitrogens with zero attached hydrogens (tertiary/aromatic N) is 1. The normalized spacial score (nSPS) is 20.0. The molecule has 2 aliphatic rings. The van der Waals surface area contributed by atoms with Crippen molar-refractivity contribution in [3.05, 3.63) is 82.0 Å². The van der Waals surface area contributed by atoms with Gasteiger partial charge in [0.1, 0.15) is 11.6 Å². The number of sulfone groups is 1. The standard InChI is InChI=1S/C34H37ClFNO5S/c1-3-4-15-42-26-12-8-11-25(17-26)37-20-29(23-9-6-5-7-10-23)22(2)21-43(40,41)33-18-27(30(35)19-32(33)37)24-13-14-31(36)28(16-24)34(38)39/h8,11-14,16-19,21,23,29H,3-7,9-10,15,20H2,1-2H3,(H,38,39)/b22-21+/t29-/m1/s1. The number of rotatable bonds is 8. The number of halogens is 2. The molecular formula is C34H37ClFNO5S. The molecule has 9 heteroatoms. The summed E-state index contributed by atoms with van der Waals surface area (Å²) < 4.78 is 48.4. The van der Waals surface area contributed by atoms with Crippen LogP contribution in [0, 0.1) is 17.7 Å². The molecule has 3 aromatic rings. The molecule has 1 aliphatic carbocycles. The van der Waals surface area contributed by atoms with Crippen LogP contribution in [0.1, 0.15) is 69.2 Å². The summed E-state index contributed by atoms with van der Waals surface area (Å²) in [7, 11) is -3.96. The summed E-state index contributed by atoms with van der Waals surface area (Å²) in [6.45, 7) is 5.15. The minimum absolute atomic E-state index is 0.0153. The number of benzene rings is 3. The van der Waals surface area contributed by atoms with E-state index in [4.69, 9.17) is 16.3 Å². The highest BCUT2D eigenvalue weighted by Gasteiger charge is 2.34. The zero-order valence-corrected chi connectivity index (χ0v) is 26.1. The number of carboxylic acid groups (broad SMARTS) is 1. The van der Waals surface area contributed by atoms with Crippen LogP contribution < -0.4 is 9.64 Å². The van der Waals surface area contributed by atoms with Crippen LogP contribution >= 0.6 is 11.6 Å². The molecule has 43 heavy (non-hydrogen) atoms. The maximum Gasteiger partial charge on any atom is 0.338 e. The summed E-state index contributed by atoms with van der Waals surface area (Å²) in [5, 5.41) is 11.1. The first-order valence-corrected chi connectivity index (χ1v) is 16.8. The lowest BCUT2D eigenvalue weighted by atomic mass is 9.77. The summed E-state index contributed by atoms with van der Waals surface area (Å²) in [5.41, 5.74) is 2.13. The number of carboxylic acids is 1. The Hall–Kier alpha value is -3.36. The first-order valence-electron chi connectivity index (χ1n) is 14.9. The highest BCUT2D eigenvalue weighted by Crippen LogP contribution is 2.45. The van der Waals surface area contributed by atoms with Gasteiger partial charge in [0.25, 0.3) is 0 Å². The first kappa shape index (κ1) is 31.1. The Morgan fingerprint density at radius 1 is 1.09 bits per heavy atom. The van der Waals surface area contributed by atoms with E-state index in [1.165, 1.54) is 30.0 Å². The first-order chi connectivity index (χ1) is 20.6. The van der Waals surface area contributed by atoms with Crippen molar-refractivity contribution in [3.63, 3.8) is 0 Å². The summed E-state index contributed by atoms with van der Waals surface area (Å²) >= 11 is 6.83. The number of ether oxygens (including phenoxy) is 1. The van der Waals surface area contributed by atoms with E-state index in [-0.39, 0.29) is 15.8 Å². The van der Waals surface area contributed by atoms with Gasteiger partial charge in [-0.3, -0.25) is 0 Å². The molecule has 1 aliphatic heterocycles. The molecular weight excluding hydrogens is 589 g/mol. The molecule has 0 radical (unpaired) electrons. The minimum atomic E-state index is -3.96. The number of hydrogen-bond donors (Lipinski definition) is 1. The minimum Gasteiger partial charge on any atom is -0.494 e. The summed E-state index contributed by atoms with van der Waals surface area (Å²) in [6.07, 6.45) is 7.48. The second-order valence-electron chi connectivity index (χ2n) is 11.5. The van der Waals surface area contributed by atoms with Crippen LogP contribution in [0.4, 0.5) is 15.8 Å². The Balaban J connectivity index is 1.69.